The molecule has 62 valence electrons. The highest BCUT2D eigenvalue weighted by Crippen LogP contribution is 2.05. The molecular formula is C8H9N3O. The molecule has 0 aromatic carbocycles. The van der Waals surface area contributed by atoms with Gasteiger partial charge in [0.25, 0.3) is 5.56 Å². The maximum atomic E-state index is 11.3. The topological polar surface area (TPSA) is 50.2 Å². The van der Waals surface area contributed by atoms with Gasteiger partial charge in [-0.05, 0) is 13.8 Å². The third-order valence-electron chi connectivity index (χ3n) is 1.91. The first-order chi connectivity index (χ1) is 5.70. The van der Waals surface area contributed by atoms with Gasteiger partial charge in [-0.15, -0.1) is 0 Å². The molecule has 2 aromatic heterocycles. The zero-order valence-corrected chi connectivity index (χ0v) is 6.96. The van der Waals surface area contributed by atoms with E-state index in [1.54, 1.807) is 16.8 Å². The summed E-state index contributed by atoms with van der Waals surface area (Å²) >= 11 is 0. The van der Waals surface area contributed by atoms with Gasteiger partial charge in [0.2, 0.25) is 0 Å². The molecule has 0 unspecified atom stereocenters. The first kappa shape index (κ1) is 7.09. The van der Waals surface area contributed by atoms with E-state index in [2.05, 4.69) is 9.97 Å². The molecule has 12 heavy (non-hydrogen) atoms. The number of H-pyrrole nitrogens is 1. The Labute approximate surface area is 68.9 Å². The number of hydrogen-bond acceptors (Lipinski definition) is 2. The Bertz CT molecular complexity index is 480. The van der Waals surface area contributed by atoms with E-state index in [1.165, 1.54) is 0 Å². The first-order valence-electron chi connectivity index (χ1n) is 3.73. The molecule has 2 aromatic rings. The number of rotatable bonds is 0. The fourth-order valence-corrected chi connectivity index (χ4v) is 1.40. The van der Waals surface area contributed by atoms with Crippen LogP contribution in [0.1, 0.15) is 11.5 Å². The largest absolute Gasteiger partial charge is 0.326 e. The van der Waals surface area contributed by atoms with Crippen molar-refractivity contribution in [2.24, 2.45) is 0 Å². The minimum Gasteiger partial charge on any atom is -0.326 e. The molecule has 0 aliphatic rings. The summed E-state index contributed by atoms with van der Waals surface area (Å²) in [6, 6.07) is 0. The Kier molecular flexibility index (Phi) is 1.30. The Morgan fingerprint density at radius 2 is 2.25 bits per heavy atom. The maximum absolute atomic E-state index is 11.3. The van der Waals surface area contributed by atoms with Crippen LogP contribution in [0.3, 0.4) is 0 Å². The molecule has 4 nitrogen and oxygen atoms in total. The minimum atomic E-state index is -0.0874. The van der Waals surface area contributed by atoms with Gasteiger partial charge in [0.05, 0.1) is 5.69 Å². The van der Waals surface area contributed by atoms with Crippen molar-refractivity contribution in [1.29, 1.82) is 0 Å². The van der Waals surface area contributed by atoms with E-state index >= 15 is 0 Å². The lowest BCUT2D eigenvalue weighted by Gasteiger charge is -1.92. The SMILES string of the molecule is Cc1nc(C)n2cc[nH]c(=O)c12. The number of nitrogens with zero attached hydrogens (tertiary/aromatic N) is 2. The van der Waals surface area contributed by atoms with Gasteiger partial charge < -0.3 is 4.98 Å². The van der Waals surface area contributed by atoms with Crippen LogP contribution in [0.5, 0.6) is 0 Å². The highest BCUT2D eigenvalue weighted by Gasteiger charge is 2.05. The third kappa shape index (κ3) is 0.777. The van der Waals surface area contributed by atoms with E-state index in [0.717, 1.165) is 11.5 Å². The number of aromatic nitrogens is 3. The van der Waals surface area contributed by atoms with Crippen molar-refractivity contribution in [2.45, 2.75) is 13.8 Å². The van der Waals surface area contributed by atoms with Gasteiger partial charge in [0.15, 0.2) is 0 Å². The molecule has 0 spiro atoms. The summed E-state index contributed by atoms with van der Waals surface area (Å²) in [6.45, 7) is 3.71. The highest BCUT2D eigenvalue weighted by atomic mass is 16.1. The average Bonchev–Trinajstić information content (AvgIpc) is 2.29. The van der Waals surface area contributed by atoms with Gasteiger partial charge in [-0.25, -0.2) is 4.98 Å². The number of aryl methyl sites for hydroxylation is 2. The van der Waals surface area contributed by atoms with Crippen molar-refractivity contribution >= 4 is 5.52 Å². The Morgan fingerprint density at radius 3 is 2.92 bits per heavy atom. The van der Waals surface area contributed by atoms with Crippen LogP contribution in [-0.2, 0) is 0 Å². The summed E-state index contributed by atoms with van der Waals surface area (Å²) in [4.78, 5) is 18.1. The van der Waals surface area contributed by atoms with E-state index in [-0.39, 0.29) is 5.56 Å². The van der Waals surface area contributed by atoms with Crippen molar-refractivity contribution in [2.75, 3.05) is 0 Å². The molecule has 0 aliphatic carbocycles. The van der Waals surface area contributed by atoms with Crippen LogP contribution in [0.25, 0.3) is 5.52 Å². The molecular weight excluding hydrogens is 154 g/mol. The fraction of sp³-hybridized carbons (Fsp3) is 0.250. The zero-order chi connectivity index (χ0) is 8.72. The fourth-order valence-electron chi connectivity index (χ4n) is 1.40. The Hall–Kier alpha value is -1.58. The summed E-state index contributed by atoms with van der Waals surface area (Å²) in [6.07, 6.45) is 3.41. The van der Waals surface area contributed by atoms with Crippen LogP contribution in [0.4, 0.5) is 0 Å². The minimum absolute atomic E-state index is 0.0874. The van der Waals surface area contributed by atoms with Crippen LogP contribution < -0.4 is 5.56 Å². The first-order valence-corrected chi connectivity index (χ1v) is 3.73. The maximum Gasteiger partial charge on any atom is 0.274 e. The summed E-state index contributed by atoms with van der Waals surface area (Å²) in [7, 11) is 0. The Balaban J connectivity index is 3.09. The summed E-state index contributed by atoms with van der Waals surface area (Å²) in [5.41, 5.74) is 1.32. The van der Waals surface area contributed by atoms with Crippen LogP contribution in [-0.4, -0.2) is 14.4 Å². The van der Waals surface area contributed by atoms with Gasteiger partial charge in [-0.2, -0.15) is 0 Å². The van der Waals surface area contributed by atoms with Gasteiger partial charge >= 0.3 is 0 Å². The second-order valence-corrected chi connectivity index (χ2v) is 2.75. The van der Waals surface area contributed by atoms with Crippen LogP contribution in [0.15, 0.2) is 17.2 Å². The highest BCUT2D eigenvalue weighted by molar-refractivity contribution is 5.50. The van der Waals surface area contributed by atoms with Crippen LogP contribution >= 0.6 is 0 Å². The standard InChI is InChI=1S/C8H9N3O/c1-5-7-8(12)9-3-4-11(7)6(2)10-5/h3-4H,1-2H3,(H,9,12). The second-order valence-electron chi connectivity index (χ2n) is 2.75. The van der Waals surface area contributed by atoms with Crippen molar-refractivity contribution in [3.8, 4) is 0 Å². The van der Waals surface area contributed by atoms with Gasteiger partial charge in [-0.3, -0.25) is 9.20 Å². The molecule has 0 amide bonds. The molecule has 0 fully saturated rings. The summed E-state index contributed by atoms with van der Waals surface area (Å²) in [5.74, 6) is 0.841. The molecule has 0 saturated heterocycles. The Morgan fingerprint density at radius 1 is 1.50 bits per heavy atom. The molecule has 2 rings (SSSR count). The van der Waals surface area contributed by atoms with E-state index in [4.69, 9.17) is 0 Å². The molecule has 0 aliphatic heterocycles. The number of imidazole rings is 1. The predicted molar refractivity (Wildman–Crippen MR) is 45.3 cm³/mol. The number of fused-ring (bicyclic) bond motifs is 1. The molecule has 0 radical (unpaired) electrons. The van der Waals surface area contributed by atoms with Gasteiger partial charge in [-0.1, -0.05) is 0 Å². The summed E-state index contributed by atoms with van der Waals surface area (Å²) < 4.78 is 1.79. The second kappa shape index (κ2) is 2.20. The quantitative estimate of drug-likeness (QED) is 0.619. The monoisotopic (exact) mass is 163 g/mol. The van der Waals surface area contributed by atoms with E-state index in [1.807, 2.05) is 13.8 Å². The van der Waals surface area contributed by atoms with E-state index in [9.17, 15) is 4.79 Å². The molecule has 2 heterocycles. The predicted octanol–water partition coefficient (Wildman–Crippen LogP) is 0.639. The van der Waals surface area contributed by atoms with Crippen molar-refractivity contribution < 1.29 is 0 Å². The summed E-state index contributed by atoms with van der Waals surface area (Å²) in [5, 5.41) is 0. The number of nitrogens with one attached hydrogen (secondary N) is 1. The average molecular weight is 163 g/mol. The van der Waals surface area contributed by atoms with Gasteiger partial charge in [0, 0.05) is 12.4 Å². The molecule has 4 heteroatoms. The third-order valence-corrected chi connectivity index (χ3v) is 1.91. The van der Waals surface area contributed by atoms with E-state index < -0.39 is 0 Å². The van der Waals surface area contributed by atoms with E-state index in [0.29, 0.717) is 5.52 Å². The normalized spacial score (nSPS) is 10.8. The van der Waals surface area contributed by atoms with Crippen LogP contribution in [0.2, 0.25) is 0 Å². The van der Waals surface area contributed by atoms with Crippen LogP contribution in [0, 0.1) is 13.8 Å². The van der Waals surface area contributed by atoms with Gasteiger partial charge in [0.1, 0.15) is 11.3 Å². The lowest BCUT2D eigenvalue weighted by Crippen LogP contribution is -2.08. The lowest BCUT2D eigenvalue weighted by atomic mass is 10.4. The zero-order valence-electron chi connectivity index (χ0n) is 6.96. The van der Waals surface area contributed by atoms with Crippen molar-refractivity contribution in [3.63, 3.8) is 0 Å². The number of aromatic amines is 1. The van der Waals surface area contributed by atoms with Crippen molar-refractivity contribution in [1.82, 2.24) is 14.4 Å². The molecule has 0 saturated carbocycles. The molecule has 0 bridgehead atoms. The smallest absolute Gasteiger partial charge is 0.274 e. The lowest BCUT2D eigenvalue weighted by molar-refractivity contribution is 1.01. The number of hydrogen-bond donors (Lipinski definition) is 1. The molecule has 0 atom stereocenters. The molecule has 1 N–H and O–H groups in total. The van der Waals surface area contributed by atoms with Crippen molar-refractivity contribution in [3.05, 3.63) is 34.3 Å².